The molecule has 0 aliphatic carbocycles. The van der Waals surface area contributed by atoms with Gasteiger partial charge in [-0.05, 0) is 19.1 Å². The molecule has 78 valence electrons. The van der Waals surface area contributed by atoms with Crippen LogP contribution in [0.3, 0.4) is 0 Å². The molecule has 0 unspecified atom stereocenters. The average Bonchev–Trinajstić information content (AvgIpc) is 2.65. The summed E-state index contributed by atoms with van der Waals surface area (Å²) in [7, 11) is 0. The van der Waals surface area contributed by atoms with Crippen LogP contribution in [-0.2, 0) is 0 Å². The zero-order valence-corrected chi connectivity index (χ0v) is 9.02. The van der Waals surface area contributed by atoms with E-state index in [1.807, 2.05) is 19.1 Å². The van der Waals surface area contributed by atoms with Crippen LogP contribution in [0.2, 0.25) is 5.02 Å². The molecule has 2 N–H and O–H groups in total. The van der Waals surface area contributed by atoms with E-state index in [-0.39, 0.29) is 6.04 Å². The molecule has 15 heavy (non-hydrogen) atoms. The molecular formula is C10H11ClN4. The Hall–Kier alpha value is -1.39. The van der Waals surface area contributed by atoms with Crippen LogP contribution in [0.5, 0.6) is 0 Å². The molecule has 0 bridgehead atoms. The molecule has 0 spiro atoms. The van der Waals surface area contributed by atoms with Crippen LogP contribution in [0, 0.1) is 0 Å². The summed E-state index contributed by atoms with van der Waals surface area (Å²) in [6, 6.07) is 3.74. The fourth-order valence-electron chi connectivity index (χ4n) is 1.24. The van der Waals surface area contributed by atoms with Crippen molar-refractivity contribution in [1.29, 1.82) is 0 Å². The van der Waals surface area contributed by atoms with Crippen LogP contribution in [0.4, 0.5) is 0 Å². The van der Waals surface area contributed by atoms with Crippen molar-refractivity contribution in [2.75, 3.05) is 0 Å². The van der Waals surface area contributed by atoms with Gasteiger partial charge in [0.05, 0.1) is 28.8 Å². The summed E-state index contributed by atoms with van der Waals surface area (Å²) in [5.41, 5.74) is 7.43. The second-order valence-electron chi connectivity index (χ2n) is 3.33. The summed E-state index contributed by atoms with van der Waals surface area (Å²) >= 11 is 5.77. The summed E-state index contributed by atoms with van der Waals surface area (Å²) in [5, 5.41) is 4.68. The van der Waals surface area contributed by atoms with E-state index >= 15 is 0 Å². The van der Waals surface area contributed by atoms with Crippen molar-refractivity contribution in [3.05, 3.63) is 41.4 Å². The Balaban J connectivity index is 2.31. The van der Waals surface area contributed by atoms with Crippen LogP contribution in [0.1, 0.15) is 18.7 Å². The third kappa shape index (κ3) is 2.16. The van der Waals surface area contributed by atoms with Gasteiger partial charge >= 0.3 is 0 Å². The Kier molecular flexibility index (Phi) is 2.70. The van der Waals surface area contributed by atoms with Gasteiger partial charge in [-0.15, -0.1) is 0 Å². The molecule has 2 aromatic rings. The molecule has 0 amide bonds. The van der Waals surface area contributed by atoms with Gasteiger partial charge in [0, 0.05) is 12.2 Å². The molecule has 5 heteroatoms. The SMILES string of the molecule is C[C@@H](N)c1ccc(-n2cc(Cl)cn2)cn1. The van der Waals surface area contributed by atoms with Crippen molar-refractivity contribution < 1.29 is 0 Å². The lowest BCUT2D eigenvalue weighted by molar-refractivity contribution is 0.775. The second-order valence-corrected chi connectivity index (χ2v) is 3.77. The molecule has 0 radical (unpaired) electrons. The number of rotatable bonds is 2. The number of aromatic nitrogens is 3. The minimum Gasteiger partial charge on any atom is -0.323 e. The number of nitrogens with zero attached hydrogens (tertiary/aromatic N) is 3. The molecular weight excluding hydrogens is 212 g/mol. The van der Waals surface area contributed by atoms with E-state index in [4.69, 9.17) is 17.3 Å². The fourth-order valence-corrected chi connectivity index (χ4v) is 1.38. The molecule has 2 heterocycles. The standard InChI is InChI=1S/C10H11ClN4/c1-7(12)10-3-2-9(5-13-10)15-6-8(11)4-14-15/h2-7H,12H2,1H3/t7-/m1/s1. The number of pyridine rings is 1. The molecule has 2 aromatic heterocycles. The van der Waals surface area contributed by atoms with E-state index in [0.29, 0.717) is 5.02 Å². The Labute approximate surface area is 92.7 Å². The minimum absolute atomic E-state index is 0.0553. The van der Waals surface area contributed by atoms with Crippen molar-refractivity contribution in [3.63, 3.8) is 0 Å². The lowest BCUT2D eigenvalue weighted by atomic mass is 10.2. The van der Waals surface area contributed by atoms with Crippen LogP contribution >= 0.6 is 11.6 Å². The van der Waals surface area contributed by atoms with Gasteiger partial charge in [-0.3, -0.25) is 4.98 Å². The highest BCUT2D eigenvalue weighted by atomic mass is 35.5. The molecule has 0 aromatic carbocycles. The quantitative estimate of drug-likeness (QED) is 0.845. The van der Waals surface area contributed by atoms with Crippen LogP contribution in [0.15, 0.2) is 30.7 Å². The Morgan fingerprint density at radius 3 is 2.67 bits per heavy atom. The largest absolute Gasteiger partial charge is 0.323 e. The molecule has 0 saturated carbocycles. The van der Waals surface area contributed by atoms with Crippen molar-refractivity contribution in [2.24, 2.45) is 5.73 Å². The lowest BCUT2D eigenvalue weighted by Gasteiger charge is -2.05. The highest BCUT2D eigenvalue weighted by molar-refractivity contribution is 6.30. The lowest BCUT2D eigenvalue weighted by Crippen LogP contribution is -2.07. The molecule has 0 aliphatic heterocycles. The fraction of sp³-hybridized carbons (Fsp3) is 0.200. The number of hydrogen-bond acceptors (Lipinski definition) is 3. The van der Waals surface area contributed by atoms with E-state index in [1.54, 1.807) is 23.3 Å². The predicted molar refractivity (Wildman–Crippen MR) is 59.0 cm³/mol. The number of halogens is 1. The number of nitrogens with two attached hydrogens (primary N) is 1. The maximum Gasteiger partial charge on any atom is 0.0829 e. The summed E-state index contributed by atoms with van der Waals surface area (Å²) < 4.78 is 1.67. The summed E-state index contributed by atoms with van der Waals surface area (Å²) in [4.78, 5) is 4.23. The maximum absolute atomic E-state index is 5.77. The third-order valence-electron chi connectivity index (χ3n) is 2.05. The Bertz CT molecular complexity index is 447. The van der Waals surface area contributed by atoms with E-state index in [0.717, 1.165) is 11.4 Å². The summed E-state index contributed by atoms with van der Waals surface area (Å²) in [6.45, 7) is 1.90. The average molecular weight is 223 g/mol. The van der Waals surface area contributed by atoms with Gasteiger partial charge in [-0.25, -0.2) is 4.68 Å². The van der Waals surface area contributed by atoms with E-state index < -0.39 is 0 Å². The Morgan fingerprint density at radius 2 is 2.20 bits per heavy atom. The van der Waals surface area contributed by atoms with Gasteiger partial charge < -0.3 is 5.73 Å². The predicted octanol–water partition coefficient (Wildman–Crippen LogP) is 1.94. The second kappa shape index (κ2) is 4.00. The normalized spacial score (nSPS) is 12.7. The first-order valence-electron chi connectivity index (χ1n) is 4.59. The van der Waals surface area contributed by atoms with E-state index in [2.05, 4.69) is 10.1 Å². The smallest absolute Gasteiger partial charge is 0.0829 e. The van der Waals surface area contributed by atoms with Gasteiger partial charge in [0.15, 0.2) is 0 Å². The zero-order chi connectivity index (χ0) is 10.8. The number of hydrogen-bond donors (Lipinski definition) is 1. The van der Waals surface area contributed by atoms with Gasteiger partial charge in [-0.2, -0.15) is 5.10 Å². The van der Waals surface area contributed by atoms with Crippen LogP contribution in [-0.4, -0.2) is 14.8 Å². The molecule has 0 aliphatic rings. The molecule has 0 saturated heterocycles. The summed E-state index contributed by atoms with van der Waals surface area (Å²) in [6.07, 6.45) is 5.03. The van der Waals surface area contributed by atoms with Crippen LogP contribution in [0.25, 0.3) is 5.69 Å². The first kappa shape index (κ1) is 10.1. The van der Waals surface area contributed by atoms with Crippen molar-refractivity contribution in [2.45, 2.75) is 13.0 Å². The monoisotopic (exact) mass is 222 g/mol. The highest BCUT2D eigenvalue weighted by Gasteiger charge is 2.02. The van der Waals surface area contributed by atoms with Gasteiger partial charge in [0.25, 0.3) is 0 Å². The first-order chi connectivity index (χ1) is 7.16. The van der Waals surface area contributed by atoms with E-state index in [9.17, 15) is 0 Å². The molecule has 4 nitrogen and oxygen atoms in total. The first-order valence-corrected chi connectivity index (χ1v) is 4.96. The molecule has 2 rings (SSSR count). The zero-order valence-electron chi connectivity index (χ0n) is 8.26. The summed E-state index contributed by atoms with van der Waals surface area (Å²) in [5.74, 6) is 0. The van der Waals surface area contributed by atoms with Crippen molar-refractivity contribution >= 4 is 11.6 Å². The van der Waals surface area contributed by atoms with Crippen LogP contribution < -0.4 is 5.73 Å². The Morgan fingerprint density at radius 1 is 1.40 bits per heavy atom. The maximum atomic E-state index is 5.77. The molecule has 0 fully saturated rings. The topological polar surface area (TPSA) is 56.7 Å². The highest BCUT2D eigenvalue weighted by Crippen LogP contribution is 2.12. The van der Waals surface area contributed by atoms with Gasteiger partial charge in [0.2, 0.25) is 0 Å². The van der Waals surface area contributed by atoms with Gasteiger partial charge in [0.1, 0.15) is 0 Å². The third-order valence-corrected chi connectivity index (χ3v) is 2.25. The van der Waals surface area contributed by atoms with Crippen molar-refractivity contribution in [3.8, 4) is 5.69 Å². The minimum atomic E-state index is -0.0553. The van der Waals surface area contributed by atoms with Gasteiger partial charge in [-0.1, -0.05) is 11.6 Å². The molecule has 1 atom stereocenters. The van der Waals surface area contributed by atoms with Crippen molar-refractivity contribution in [1.82, 2.24) is 14.8 Å². The van der Waals surface area contributed by atoms with E-state index in [1.165, 1.54) is 0 Å².